The molecule has 5 heteroatoms. The highest BCUT2D eigenvalue weighted by Gasteiger charge is 2.70. The van der Waals surface area contributed by atoms with Gasteiger partial charge in [-0.3, -0.25) is 0 Å². The molecule has 1 saturated carbocycles. The number of rotatable bonds is 2. The zero-order chi connectivity index (χ0) is 11.3. The zero-order valence-electron chi connectivity index (χ0n) is 8.13. The smallest absolute Gasteiger partial charge is 0.272 e. The molecule has 1 aliphatic rings. The SMILES string of the molecule is COc1cc(C2(N)CC2(F)F)ccc1O. The topological polar surface area (TPSA) is 55.5 Å². The van der Waals surface area contributed by atoms with E-state index in [2.05, 4.69) is 0 Å². The van der Waals surface area contributed by atoms with Crippen LogP contribution in [0.25, 0.3) is 0 Å². The average molecular weight is 215 g/mol. The number of benzene rings is 1. The summed E-state index contributed by atoms with van der Waals surface area (Å²) in [4.78, 5) is 0. The van der Waals surface area contributed by atoms with Crippen molar-refractivity contribution in [3.8, 4) is 11.5 Å². The molecule has 0 spiro atoms. The first kappa shape index (κ1) is 10.2. The lowest BCUT2D eigenvalue weighted by molar-refractivity contribution is 0.0890. The van der Waals surface area contributed by atoms with Gasteiger partial charge in [-0.25, -0.2) is 8.78 Å². The van der Waals surface area contributed by atoms with Crippen molar-refractivity contribution in [1.82, 2.24) is 0 Å². The maximum atomic E-state index is 13.0. The Balaban J connectivity index is 2.40. The van der Waals surface area contributed by atoms with E-state index < -0.39 is 11.5 Å². The maximum absolute atomic E-state index is 13.0. The number of hydrogen-bond donors (Lipinski definition) is 2. The van der Waals surface area contributed by atoms with Crippen molar-refractivity contribution in [2.24, 2.45) is 5.73 Å². The Morgan fingerprint density at radius 1 is 1.47 bits per heavy atom. The normalized spacial score (nSPS) is 27.5. The Labute approximate surface area is 85.5 Å². The van der Waals surface area contributed by atoms with Crippen LogP contribution in [0.1, 0.15) is 12.0 Å². The van der Waals surface area contributed by atoms with Crippen LogP contribution in [-0.2, 0) is 5.54 Å². The van der Waals surface area contributed by atoms with Crippen LogP contribution in [0.4, 0.5) is 8.78 Å². The highest BCUT2D eigenvalue weighted by atomic mass is 19.3. The van der Waals surface area contributed by atoms with Crippen LogP contribution < -0.4 is 10.5 Å². The molecule has 1 aliphatic carbocycles. The largest absolute Gasteiger partial charge is 0.504 e. The van der Waals surface area contributed by atoms with E-state index in [1.54, 1.807) is 0 Å². The van der Waals surface area contributed by atoms with Crippen molar-refractivity contribution >= 4 is 0 Å². The summed E-state index contributed by atoms with van der Waals surface area (Å²) in [6, 6.07) is 4.03. The average Bonchev–Trinajstić information content (AvgIpc) is 2.68. The van der Waals surface area contributed by atoms with E-state index in [0.717, 1.165) is 0 Å². The Hall–Kier alpha value is -1.36. The van der Waals surface area contributed by atoms with Gasteiger partial charge in [0.1, 0.15) is 5.54 Å². The molecule has 3 nitrogen and oxygen atoms in total. The third-order valence-corrected chi connectivity index (χ3v) is 2.72. The highest BCUT2D eigenvalue weighted by molar-refractivity contribution is 5.47. The van der Waals surface area contributed by atoms with Gasteiger partial charge in [-0.1, -0.05) is 6.07 Å². The fraction of sp³-hybridized carbons (Fsp3) is 0.400. The molecular formula is C10H11F2NO2. The standard InChI is InChI=1S/C10H11F2NO2/c1-15-8-4-6(2-3-7(8)14)9(13)5-10(9,11)12/h2-4,14H,5,13H2,1H3. The molecule has 0 saturated heterocycles. The number of alkyl halides is 2. The van der Waals surface area contributed by atoms with Gasteiger partial charge in [0, 0.05) is 6.42 Å². The molecule has 0 bridgehead atoms. The van der Waals surface area contributed by atoms with E-state index in [-0.39, 0.29) is 23.5 Å². The fourth-order valence-electron chi connectivity index (χ4n) is 1.57. The molecule has 0 amide bonds. The fourth-order valence-corrected chi connectivity index (χ4v) is 1.57. The molecule has 2 rings (SSSR count). The van der Waals surface area contributed by atoms with Crippen LogP contribution in [0.5, 0.6) is 11.5 Å². The predicted octanol–water partition coefficient (Wildman–Crippen LogP) is 1.59. The second-order valence-electron chi connectivity index (χ2n) is 3.74. The summed E-state index contributed by atoms with van der Waals surface area (Å²) in [7, 11) is 1.35. The first-order valence-corrected chi connectivity index (χ1v) is 4.45. The summed E-state index contributed by atoms with van der Waals surface area (Å²) in [6.45, 7) is 0. The lowest BCUT2D eigenvalue weighted by atomic mass is 10.0. The highest BCUT2D eigenvalue weighted by Crippen LogP contribution is 2.58. The van der Waals surface area contributed by atoms with Crippen LogP contribution in [0, 0.1) is 0 Å². The van der Waals surface area contributed by atoms with Crippen molar-refractivity contribution in [2.75, 3.05) is 7.11 Å². The Bertz CT molecular complexity index is 408. The van der Waals surface area contributed by atoms with Crippen molar-refractivity contribution in [1.29, 1.82) is 0 Å². The number of aromatic hydroxyl groups is 1. The van der Waals surface area contributed by atoms with Crippen molar-refractivity contribution < 1.29 is 18.6 Å². The maximum Gasteiger partial charge on any atom is 0.272 e. The van der Waals surface area contributed by atoms with Crippen molar-refractivity contribution in [3.63, 3.8) is 0 Å². The van der Waals surface area contributed by atoms with Crippen LogP contribution >= 0.6 is 0 Å². The molecule has 15 heavy (non-hydrogen) atoms. The molecule has 1 aromatic rings. The minimum absolute atomic E-state index is 0.0891. The molecule has 1 aromatic carbocycles. The summed E-state index contributed by atoms with van der Waals surface area (Å²) in [6.07, 6.45) is -0.367. The lowest BCUT2D eigenvalue weighted by Crippen LogP contribution is -2.27. The predicted molar refractivity (Wildman–Crippen MR) is 50.1 cm³/mol. The van der Waals surface area contributed by atoms with E-state index in [9.17, 15) is 13.9 Å². The van der Waals surface area contributed by atoms with Crippen LogP contribution in [0.15, 0.2) is 18.2 Å². The Kier molecular flexibility index (Phi) is 1.91. The third-order valence-electron chi connectivity index (χ3n) is 2.72. The van der Waals surface area contributed by atoms with Gasteiger partial charge >= 0.3 is 0 Å². The van der Waals surface area contributed by atoms with E-state index in [4.69, 9.17) is 10.5 Å². The lowest BCUT2D eigenvalue weighted by Gasteiger charge is -2.12. The van der Waals surface area contributed by atoms with Crippen molar-refractivity contribution in [3.05, 3.63) is 23.8 Å². The minimum Gasteiger partial charge on any atom is -0.504 e. The van der Waals surface area contributed by atoms with Gasteiger partial charge in [0.25, 0.3) is 5.92 Å². The van der Waals surface area contributed by atoms with Gasteiger partial charge in [0.05, 0.1) is 7.11 Å². The first-order chi connectivity index (χ1) is 6.90. The Morgan fingerprint density at radius 2 is 2.07 bits per heavy atom. The quantitative estimate of drug-likeness (QED) is 0.787. The molecule has 1 unspecified atom stereocenters. The van der Waals surface area contributed by atoms with Gasteiger partial charge in [0.2, 0.25) is 0 Å². The third kappa shape index (κ3) is 1.34. The number of ether oxygens (including phenoxy) is 1. The molecular weight excluding hydrogens is 204 g/mol. The monoisotopic (exact) mass is 215 g/mol. The number of halogens is 2. The summed E-state index contributed by atoms with van der Waals surface area (Å²) in [5.74, 6) is -2.80. The van der Waals surface area contributed by atoms with Crippen molar-refractivity contribution in [2.45, 2.75) is 17.9 Å². The van der Waals surface area contributed by atoms with Gasteiger partial charge in [0.15, 0.2) is 11.5 Å². The van der Waals surface area contributed by atoms with Crippen LogP contribution in [0.3, 0.4) is 0 Å². The molecule has 0 aliphatic heterocycles. The molecule has 1 atom stereocenters. The van der Waals surface area contributed by atoms with E-state index in [0.29, 0.717) is 0 Å². The van der Waals surface area contributed by atoms with E-state index in [1.165, 1.54) is 25.3 Å². The summed E-state index contributed by atoms with van der Waals surface area (Å²) in [5, 5.41) is 9.30. The van der Waals surface area contributed by atoms with E-state index in [1.807, 2.05) is 0 Å². The van der Waals surface area contributed by atoms with E-state index >= 15 is 0 Å². The molecule has 82 valence electrons. The molecule has 1 fully saturated rings. The Morgan fingerprint density at radius 3 is 2.53 bits per heavy atom. The number of phenolic OH excluding ortho intramolecular Hbond substituents is 1. The van der Waals surface area contributed by atoms with Gasteiger partial charge < -0.3 is 15.6 Å². The first-order valence-electron chi connectivity index (χ1n) is 4.45. The second-order valence-corrected chi connectivity index (χ2v) is 3.74. The van der Waals surface area contributed by atoms with Gasteiger partial charge in [-0.15, -0.1) is 0 Å². The van der Waals surface area contributed by atoms with Crippen LogP contribution in [0.2, 0.25) is 0 Å². The molecule has 3 N–H and O–H groups in total. The summed E-state index contributed by atoms with van der Waals surface area (Å²) >= 11 is 0. The number of hydrogen-bond acceptors (Lipinski definition) is 3. The van der Waals surface area contributed by atoms with Crippen LogP contribution in [-0.4, -0.2) is 18.1 Å². The number of methoxy groups -OCH3 is 1. The van der Waals surface area contributed by atoms with Gasteiger partial charge in [-0.05, 0) is 17.7 Å². The summed E-state index contributed by atoms with van der Waals surface area (Å²) < 4.78 is 30.8. The number of nitrogens with two attached hydrogens (primary N) is 1. The second kappa shape index (κ2) is 2.82. The summed E-state index contributed by atoms with van der Waals surface area (Å²) in [5.41, 5.74) is 4.21. The molecule has 0 radical (unpaired) electrons. The van der Waals surface area contributed by atoms with Gasteiger partial charge in [-0.2, -0.15) is 0 Å². The zero-order valence-corrected chi connectivity index (χ0v) is 8.13. The molecule has 0 heterocycles. The number of phenols is 1. The minimum atomic E-state index is -2.87. The molecule has 0 aromatic heterocycles.